The highest BCUT2D eigenvalue weighted by molar-refractivity contribution is 6.04. The van der Waals surface area contributed by atoms with Gasteiger partial charge in [-0.3, -0.25) is 19.3 Å². The van der Waals surface area contributed by atoms with Gasteiger partial charge in [0.2, 0.25) is 5.91 Å². The molecule has 0 aromatic heterocycles. The number of Topliss-reactive ketones (excluding diaryl/α,β-unsaturated/α-hetero) is 1. The molecule has 1 aromatic carbocycles. The molecular weight excluding hydrogens is 360 g/mol. The molecule has 1 aromatic rings. The highest BCUT2D eigenvalue weighted by Gasteiger charge is 2.50. The van der Waals surface area contributed by atoms with E-state index in [1.165, 1.54) is 11.9 Å². The minimum atomic E-state index is -0.607. The van der Waals surface area contributed by atoms with Crippen molar-refractivity contribution < 1.29 is 19.2 Å². The molecule has 0 saturated carbocycles. The van der Waals surface area contributed by atoms with E-state index in [2.05, 4.69) is 5.32 Å². The van der Waals surface area contributed by atoms with Crippen LogP contribution in [0.2, 0.25) is 0 Å². The van der Waals surface area contributed by atoms with Crippen molar-refractivity contribution in [2.45, 2.75) is 19.5 Å². The molecule has 148 valence electrons. The molecule has 2 aliphatic heterocycles. The van der Waals surface area contributed by atoms with Gasteiger partial charge in [0.05, 0.1) is 12.5 Å². The molecule has 4 amide bonds. The van der Waals surface area contributed by atoms with Gasteiger partial charge in [0.25, 0.3) is 5.91 Å². The molecule has 1 N–H and O–H groups in total. The van der Waals surface area contributed by atoms with E-state index >= 15 is 0 Å². The first-order valence-corrected chi connectivity index (χ1v) is 9.26. The van der Waals surface area contributed by atoms with Crippen molar-refractivity contribution in [2.75, 3.05) is 27.2 Å². The Balaban J connectivity index is 1.77. The first kappa shape index (κ1) is 19.6. The molecule has 0 bridgehead atoms. The lowest BCUT2D eigenvalue weighted by molar-refractivity contribution is -0.137. The molecule has 8 heteroatoms. The second kappa shape index (κ2) is 7.84. The molecule has 2 heterocycles. The van der Waals surface area contributed by atoms with Gasteiger partial charge in [-0.1, -0.05) is 37.3 Å². The Labute approximate surface area is 163 Å². The van der Waals surface area contributed by atoms with E-state index < -0.39 is 24.0 Å². The van der Waals surface area contributed by atoms with E-state index in [4.69, 9.17) is 0 Å². The van der Waals surface area contributed by atoms with Crippen LogP contribution in [0, 0.1) is 5.92 Å². The lowest BCUT2D eigenvalue weighted by Crippen LogP contribution is -2.62. The first-order chi connectivity index (χ1) is 13.4. The summed E-state index contributed by atoms with van der Waals surface area (Å²) >= 11 is 0. The van der Waals surface area contributed by atoms with Crippen molar-refractivity contribution in [1.82, 2.24) is 20.0 Å². The summed E-state index contributed by atoms with van der Waals surface area (Å²) in [6.07, 6.45) is 1.81. The lowest BCUT2D eigenvalue weighted by atomic mass is 10.0. The van der Waals surface area contributed by atoms with Crippen LogP contribution in [0.3, 0.4) is 0 Å². The van der Waals surface area contributed by atoms with Crippen LogP contribution in [0.25, 0.3) is 0 Å². The second-order valence-electron chi connectivity index (χ2n) is 6.95. The lowest BCUT2D eigenvalue weighted by Gasteiger charge is -2.43. The zero-order valence-electron chi connectivity index (χ0n) is 16.2. The van der Waals surface area contributed by atoms with Gasteiger partial charge >= 0.3 is 6.03 Å². The van der Waals surface area contributed by atoms with Crippen LogP contribution in [-0.2, 0) is 9.59 Å². The number of amides is 4. The Hall–Kier alpha value is -3.16. The Kier molecular flexibility index (Phi) is 5.48. The highest BCUT2D eigenvalue weighted by atomic mass is 16.2. The fourth-order valence-corrected chi connectivity index (χ4v) is 3.68. The van der Waals surface area contributed by atoms with E-state index in [9.17, 15) is 19.2 Å². The molecular formula is C20H24N4O4. The van der Waals surface area contributed by atoms with E-state index in [1.54, 1.807) is 42.3 Å². The molecule has 2 atom stereocenters. The number of urea groups is 1. The number of rotatable bonds is 6. The zero-order chi connectivity index (χ0) is 20.4. The summed E-state index contributed by atoms with van der Waals surface area (Å²) in [5, 5.41) is 2.65. The summed E-state index contributed by atoms with van der Waals surface area (Å²) in [5.41, 5.74) is 0.838. The number of hydrogen-bond acceptors (Lipinski definition) is 5. The molecule has 8 nitrogen and oxygen atoms in total. The van der Waals surface area contributed by atoms with Crippen molar-refractivity contribution >= 4 is 23.6 Å². The van der Waals surface area contributed by atoms with Crippen molar-refractivity contribution in [3.05, 3.63) is 47.7 Å². The Morgan fingerprint density at radius 2 is 1.79 bits per heavy atom. The van der Waals surface area contributed by atoms with Crippen LogP contribution in [0.15, 0.2) is 42.1 Å². The predicted molar refractivity (Wildman–Crippen MR) is 102 cm³/mol. The number of carbonyl (C=O) groups is 4. The molecule has 2 aliphatic rings. The number of hydrogen-bond donors (Lipinski definition) is 1. The largest absolute Gasteiger partial charge is 0.346 e. The smallest absolute Gasteiger partial charge is 0.327 e. The maximum atomic E-state index is 12.8. The van der Waals surface area contributed by atoms with Crippen molar-refractivity contribution in [2.24, 2.45) is 5.92 Å². The van der Waals surface area contributed by atoms with Crippen molar-refractivity contribution in [3.63, 3.8) is 0 Å². The standard InChI is InChI=1S/C20H24N4O4/c1-4-10-24-15(11-14-18(24)22(2)20(28)23(3)19(14)27)17(26)21-12-16(25)13-8-6-5-7-9-13/h5-9,11,14,18H,4,10,12H2,1-3H3,(H,21,26). The molecule has 1 fully saturated rings. The average molecular weight is 384 g/mol. The van der Waals surface area contributed by atoms with Crippen LogP contribution >= 0.6 is 0 Å². The SMILES string of the molecule is CCCN1C(C(=O)NCC(=O)c2ccccc2)=CC2C(=O)N(C)C(=O)N(C)C21. The monoisotopic (exact) mass is 384 g/mol. The van der Waals surface area contributed by atoms with Gasteiger partial charge < -0.3 is 15.1 Å². The highest BCUT2D eigenvalue weighted by Crippen LogP contribution is 2.34. The summed E-state index contributed by atoms with van der Waals surface area (Å²) in [6.45, 7) is 2.33. The van der Waals surface area contributed by atoms with Crippen molar-refractivity contribution in [1.29, 1.82) is 0 Å². The van der Waals surface area contributed by atoms with Gasteiger partial charge in [0.1, 0.15) is 11.9 Å². The summed E-state index contributed by atoms with van der Waals surface area (Å²) in [4.78, 5) is 54.2. The summed E-state index contributed by atoms with van der Waals surface area (Å²) in [6, 6.07) is 8.32. The fourth-order valence-electron chi connectivity index (χ4n) is 3.68. The van der Waals surface area contributed by atoms with E-state index in [1.807, 2.05) is 13.0 Å². The van der Waals surface area contributed by atoms with Gasteiger partial charge in [-0.25, -0.2) is 4.79 Å². The fraction of sp³-hybridized carbons (Fsp3) is 0.400. The number of nitrogens with one attached hydrogen (secondary N) is 1. The van der Waals surface area contributed by atoms with Crippen molar-refractivity contribution in [3.8, 4) is 0 Å². The summed E-state index contributed by atoms with van der Waals surface area (Å²) in [5.74, 6) is -1.57. The van der Waals surface area contributed by atoms with Crippen LogP contribution < -0.4 is 5.32 Å². The van der Waals surface area contributed by atoms with E-state index in [-0.39, 0.29) is 18.2 Å². The van der Waals surface area contributed by atoms with Crippen LogP contribution in [0.1, 0.15) is 23.7 Å². The second-order valence-corrected chi connectivity index (χ2v) is 6.95. The molecule has 3 rings (SSSR count). The van der Waals surface area contributed by atoms with E-state index in [0.29, 0.717) is 17.8 Å². The number of imide groups is 1. The minimum absolute atomic E-state index is 0.141. The third-order valence-corrected chi connectivity index (χ3v) is 5.09. The minimum Gasteiger partial charge on any atom is -0.346 e. The first-order valence-electron chi connectivity index (χ1n) is 9.26. The van der Waals surface area contributed by atoms with Gasteiger partial charge in [0, 0.05) is 26.2 Å². The maximum Gasteiger partial charge on any atom is 0.327 e. The Morgan fingerprint density at radius 3 is 2.43 bits per heavy atom. The summed E-state index contributed by atoms with van der Waals surface area (Å²) < 4.78 is 0. The van der Waals surface area contributed by atoms with Gasteiger partial charge in [-0.15, -0.1) is 0 Å². The topological polar surface area (TPSA) is 90.0 Å². The predicted octanol–water partition coefficient (Wildman–Crippen LogP) is 1.06. The van der Waals surface area contributed by atoms with Gasteiger partial charge in [0.15, 0.2) is 5.78 Å². The third kappa shape index (κ3) is 3.37. The number of benzene rings is 1. The van der Waals surface area contributed by atoms with Gasteiger partial charge in [-0.2, -0.15) is 0 Å². The molecule has 0 radical (unpaired) electrons. The van der Waals surface area contributed by atoms with E-state index in [0.717, 1.165) is 11.3 Å². The molecule has 2 unspecified atom stereocenters. The van der Waals surface area contributed by atoms with Crippen LogP contribution in [-0.4, -0.2) is 71.7 Å². The molecule has 28 heavy (non-hydrogen) atoms. The summed E-state index contributed by atoms with van der Waals surface area (Å²) in [7, 11) is 3.06. The normalized spacial score (nSPS) is 21.5. The number of carbonyl (C=O) groups excluding carboxylic acids is 4. The maximum absolute atomic E-state index is 12.8. The van der Waals surface area contributed by atoms with Gasteiger partial charge in [-0.05, 0) is 12.5 Å². The Morgan fingerprint density at radius 1 is 1.11 bits per heavy atom. The Bertz CT molecular complexity index is 836. The quantitative estimate of drug-likeness (QED) is 0.741. The van der Waals surface area contributed by atoms with Crippen LogP contribution in [0.4, 0.5) is 4.79 Å². The number of nitrogens with zero attached hydrogens (tertiary/aromatic N) is 3. The van der Waals surface area contributed by atoms with Crippen LogP contribution in [0.5, 0.6) is 0 Å². The molecule has 1 saturated heterocycles. The molecule has 0 aliphatic carbocycles. The zero-order valence-corrected chi connectivity index (χ0v) is 16.2. The average Bonchev–Trinajstić information content (AvgIpc) is 3.09. The third-order valence-electron chi connectivity index (χ3n) is 5.09. The molecule has 0 spiro atoms. The number of fused-ring (bicyclic) bond motifs is 1. The number of ketones is 1.